The molecule has 0 bridgehead atoms. The molecule has 0 N–H and O–H groups in total. The summed E-state index contributed by atoms with van der Waals surface area (Å²) in [5.41, 5.74) is 0. The zero-order valence-electron chi connectivity index (χ0n) is 19.6. The van der Waals surface area contributed by atoms with Gasteiger partial charge in [0.2, 0.25) is 5.91 Å². The first-order valence-electron chi connectivity index (χ1n) is 11.3. The standard InChI is InChI=1S/C12H19NO4.C6H5Cl.C6H6.C2H6/c1-8-5-10(6-9(2)17-8)7-11(14)13-3-4-16-12(13)15;7-6-4-2-1-3-5-6;1-2-4-6-5-3-1;1-2/h8-10H,3-7H2,1-2H3;1-5H;1-6H;1-2H3. The summed E-state index contributed by atoms with van der Waals surface area (Å²) in [4.78, 5) is 24.4. The summed E-state index contributed by atoms with van der Waals surface area (Å²) in [6.45, 7) is 8.77. The highest BCUT2D eigenvalue weighted by Gasteiger charge is 2.32. The SMILES string of the molecule is CC.CC1CC(CC(=O)N2CCOC2=O)CC(C)O1.Clc1ccccc1.c1ccccc1. The number of amides is 2. The van der Waals surface area contributed by atoms with Gasteiger partial charge in [0.1, 0.15) is 6.61 Å². The fourth-order valence-corrected chi connectivity index (χ4v) is 3.63. The first-order chi connectivity index (χ1) is 15.5. The number of imide groups is 1. The van der Waals surface area contributed by atoms with Crippen LogP contribution < -0.4 is 0 Å². The molecule has 32 heavy (non-hydrogen) atoms. The third kappa shape index (κ3) is 11.3. The molecule has 0 aliphatic carbocycles. The molecule has 2 saturated heterocycles. The van der Waals surface area contributed by atoms with Crippen molar-refractivity contribution in [2.45, 2.75) is 59.2 Å². The molecule has 2 aliphatic rings. The van der Waals surface area contributed by atoms with E-state index in [-0.39, 0.29) is 18.1 Å². The third-order valence-corrected chi connectivity index (χ3v) is 4.97. The monoisotopic (exact) mass is 461 g/mol. The lowest BCUT2D eigenvalue weighted by Gasteiger charge is -2.32. The Morgan fingerprint density at radius 2 is 1.41 bits per heavy atom. The molecule has 176 valence electrons. The van der Waals surface area contributed by atoms with E-state index < -0.39 is 6.09 Å². The van der Waals surface area contributed by atoms with Gasteiger partial charge < -0.3 is 9.47 Å². The van der Waals surface area contributed by atoms with Crippen LogP contribution in [0.3, 0.4) is 0 Å². The summed E-state index contributed by atoms with van der Waals surface area (Å²) in [5.74, 6) is 0.202. The quantitative estimate of drug-likeness (QED) is 0.504. The number of nitrogens with zero attached hydrogens (tertiary/aromatic N) is 1. The number of hydrogen-bond acceptors (Lipinski definition) is 4. The molecule has 2 unspecified atom stereocenters. The second-order valence-electron chi connectivity index (χ2n) is 7.41. The van der Waals surface area contributed by atoms with Crippen LogP contribution in [0.2, 0.25) is 5.02 Å². The first-order valence-corrected chi connectivity index (χ1v) is 11.7. The number of benzene rings is 2. The van der Waals surface area contributed by atoms with Crippen LogP contribution in [0.5, 0.6) is 0 Å². The van der Waals surface area contributed by atoms with Crippen molar-refractivity contribution < 1.29 is 19.1 Å². The molecule has 2 amide bonds. The van der Waals surface area contributed by atoms with Crippen LogP contribution in [0, 0.1) is 5.92 Å². The minimum atomic E-state index is -0.497. The number of rotatable bonds is 2. The van der Waals surface area contributed by atoms with Crippen molar-refractivity contribution >= 4 is 23.6 Å². The van der Waals surface area contributed by atoms with Crippen molar-refractivity contribution in [2.75, 3.05) is 13.2 Å². The first kappa shape index (κ1) is 27.7. The summed E-state index contributed by atoms with van der Waals surface area (Å²) in [6.07, 6.45) is 2.10. The largest absolute Gasteiger partial charge is 0.447 e. The molecule has 2 heterocycles. The minimum Gasteiger partial charge on any atom is -0.447 e. The molecule has 5 nitrogen and oxygen atoms in total. The molecule has 0 radical (unpaired) electrons. The normalized spacial score (nSPS) is 21.5. The van der Waals surface area contributed by atoms with Crippen molar-refractivity contribution in [2.24, 2.45) is 5.92 Å². The lowest BCUT2D eigenvalue weighted by Crippen LogP contribution is -2.36. The van der Waals surface area contributed by atoms with Crippen molar-refractivity contribution in [1.82, 2.24) is 4.90 Å². The van der Waals surface area contributed by atoms with Crippen LogP contribution in [0.4, 0.5) is 4.79 Å². The van der Waals surface area contributed by atoms with Crippen LogP contribution in [0.15, 0.2) is 66.7 Å². The fraction of sp³-hybridized carbons (Fsp3) is 0.462. The summed E-state index contributed by atoms with van der Waals surface area (Å²) < 4.78 is 10.4. The minimum absolute atomic E-state index is 0.112. The zero-order valence-corrected chi connectivity index (χ0v) is 20.3. The molecule has 2 aliphatic heterocycles. The molecular formula is C26H36ClNO4. The van der Waals surface area contributed by atoms with Crippen molar-refractivity contribution in [3.63, 3.8) is 0 Å². The van der Waals surface area contributed by atoms with E-state index in [4.69, 9.17) is 21.1 Å². The number of carbonyl (C=O) groups is 2. The van der Waals surface area contributed by atoms with Gasteiger partial charge in [-0.15, -0.1) is 0 Å². The lowest BCUT2D eigenvalue weighted by atomic mass is 9.89. The molecular weight excluding hydrogens is 426 g/mol. The van der Waals surface area contributed by atoms with Crippen molar-refractivity contribution in [3.8, 4) is 0 Å². The van der Waals surface area contributed by atoms with E-state index in [2.05, 4.69) is 0 Å². The number of cyclic esters (lactones) is 1. The molecule has 2 fully saturated rings. The lowest BCUT2D eigenvalue weighted by molar-refractivity contribution is -0.130. The van der Waals surface area contributed by atoms with E-state index in [9.17, 15) is 9.59 Å². The van der Waals surface area contributed by atoms with Crippen LogP contribution >= 0.6 is 11.6 Å². The molecule has 0 saturated carbocycles. The second kappa shape index (κ2) is 16.3. The van der Waals surface area contributed by atoms with Crippen molar-refractivity contribution in [3.05, 3.63) is 71.8 Å². The Kier molecular flexibility index (Phi) is 14.1. The maximum atomic E-state index is 11.9. The van der Waals surface area contributed by atoms with Gasteiger partial charge in [0, 0.05) is 11.4 Å². The van der Waals surface area contributed by atoms with Crippen LogP contribution in [-0.2, 0) is 14.3 Å². The Balaban J connectivity index is 0.000000279. The van der Waals surface area contributed by atoms with Gasteiger partial charge in [0.05, 0.1) is 18.8 Å². The van der Waals surface area contributed by atoms with Gasteiger partial charge in [-0.2, -0.15) is 0 Å². The Bertz CT molecular complexity index is 720. The van der Waals surface area contributed by atoms with Gasteiger partial charge in [-0.05, 0) is 44.7 Å². The predicted octanol–water partition coefficient (Wildman–Crippen LogP) is 6.61. The van der Waals surface area contributed by atoms with Gasteiger partial charge in [0.25, 0.3) is 0 Å². The molecule has 2 aromatic rings. The highest BCUT2D eigenvalue weighted by molar-refractivity contribution is 6.30. The summed E-state index contributed by atoms with van der Waals surface area (Å²) in [6, 6.07) is 21.4. The molecule has 2 atom stereocenters. The smallest absolute Gasteiger partial charge is 0.416 e. The van der Waals surface area contributed by atoms with Gasteiger partial charge in [-0.1, -0.05) is 80.0 Å². The number of halogens is 1. The maximum Gasteiger partial charge on any atom is 0.416 e. The Morgan fingerprint density at radius 1 is 0.938 bits per heavy atom. The van der Waals surface area contributed by atoms with Gasteiger partial charge in [-0.25, -0.2) is 9.69 Å². The number of carbonyl (C=O) groups excluding carboxylic acids is 2. The molecule has 0 aromatic heterocycles. The van der Waals surface area contributed by atoms with E-state index in [1.165, 1.54) is 4.90 Å². The van der Waals surface area contributed by atoms with E-state index in [1.807, 2.05) is 94.4 Å². The van der Waals surface area contributed by atoms with Crippen LogP contribution in [0.25, 0.3) is 0 Å². The third-order valence-electron chi connectivity index (χ3n) is 4.72. The molecule has 0 spiro atoms. The highest BCUT2D eigenvalue weighted by atomic mass is 35.5. The van der Waals surface area contributed by atoms with Gasteiger partial charge in [-0.3, -0.25) is 4.79 Å². The average Bonchev–Trinajstić information content (AvgIpc) is 3.23. The van der Waals surface area contributed by atoms with Crippen LogP contribution in [-0.4, -0.2) is 42.3 Å². The highest BCUT2D eigenvalue weighted by Crippen LogP contribution is 2.28. The summed E-state index contributed by atoms with van der Waals surface area (Å²) in [5, 5.41) is 0.794. The van der Waals surface area contributed by atoms with E-state index in [0.29, 0.717) is 25.5 Å². The maximum absolute atomic E-state index is 11.9. The summed E-state index contributed by atoms with van der Waals surface area (Å²) >= 11 is 5.54. The zero-order chi connectivity index (χ0) is 23.8. The van der Waals surface area contributed by atoms with E-state index in [0.717, 1.165) is 17.9 Å². The van der Waals surface area contributed by atoms with Crippen molar-refractivity contribution in [1.29, 1.82) is 0 Å². The second-order valence-corrected chi connectivity index (χ2v) is 7.85. The summed E-state index contributed by atoms with van der Waals surface area (Å²) in [7, 11) is 0. The van der Waals surface area contributed by atoms with E-state index >= 15 is 0 Å². The van der Waals surface area contributed by atoms with Crippen LogP contribution in [0.1, 0.15) is 47.0 Å². The molecule has 6 heteroatoms. The Hall–Kier alpha value is -2.37. The number of ether oxygens (including phenoxy) is 2. The average molecular weight is 462 g/mol. The molecule has 2 aromatic carbocycles. The van der Waals surface area contributed by atoms with E-state index in [1.54, 1.807) is 0 Å². The predicted molar refractivity (Wildman–Crippen MR) is 130 cm³/mol. The number of hydrogen-bond donors (Lipinski definition) is 0. The molecule has 4 rings (SSSR count). The Labute approximate surface area is 197 Å². The van der Waals surface area contributed by atoms with Gasteiger partial charge in [0.15, 0.2) is 0 Å². The van der Waals surface area contributed by atoms with Gasteiger partial charge >= 0.3 is 6.09 Å². The Morgan fingerprint density at radius 3 is 1.78 bits per heavy atom. The topological polar surface area (TPSA) is 55.8 Å². The fourth-order valence-electron chi connectivity index (χ4n) is 3.49.